The van der Waals surface area contributed by atoms with Crippen LogP contribution < -0.4 is 0 Å². The van der Waals surface area contributed by atoms with Gasteiger partial charge in [-0.15, -0.1) is 11.3 Å². The van der Waals surface area contributed by atoms with Crippen molar-refractivity contribution in [3.05, 3.63) is 56.3 Å². The molecule has 6 nitrogen and oxygen atoms in total. The highest BCUT2D eigenvalue weighted by Gasteiger charge is 2.37. The molecule has 0 radical (unpaired) electrons. The van der Waals surface area contributed by atoms with Crippen molar-refractivity contribution in [2.24, 2.45) is 0 Å². The first kappa shape index (κ1) is 18.0. The smallest absolute Gasteiger partial charge is 0.258 e. The molecule has 3 rings (SSSR count). The Balaban J connectivity index is 2.10. The van der Waals surface area contributed by atoms with Gasteiger partial charge in [-0.3, -0.25) is 10.1 Å². The lowest BCUT2D eigenvalue weighted by Crippen LogP contribution is -2.35. The molecule has 1 aromatic carbocycles. The van der Waals surface area contributed by atoms with E-state index in [2.05, 4.69) is 0 Å². The molecule has 0 amide bonds. The van der Waals surface area contributed by atoms with E-state index in [1.54, 1.807) is 11.3 Å². The number of para-hydroxylation sites is 1. The summed E-state index contributed by atoms with van der Waals surface area (Å²) in [6, 6.07) is 7.32. The van der Waals surface area contributed by atoms with Crippen LogP contribution in [0.15, 0.2) is 40.6 Å². The van der Waals surface area contributed by atoms with Crippen molar-refractivity contribution < 1.29 is 13.3 Å². The number of thiophene rings is 1. The number of sulfonamides is 1. The summed E-state index contributed by atoms with van der Waals surface area (Å²) in [5.41, 5.74) is 0.702. The van der Waals surface area contributed by atoms with E-state index in [1.165, 1.54) is 28.6 Å². The molecule has 0 aliphatic carbocycles. The quantitative estimate of drug-likeness (QED) is 0.586. The van der Waals surface area contributed by atoms with Crippen molar-refractivity contribution >= 4 is 27.0 Å². The minimum atomic E-state index is -3.95. The van der Waals surface area contributed by atoms with Crippen LogP contribution in [0.25, 0.3) is 0 Å². The second-order valence-electron chi connectivity index (χ2n) is 6.17. The number of nitrogens with zero attached hydrogens (tertiary/aromatic N) is 2. The predicted octanol–water partition coefficient (Wildman–Crippen LogP) is 4.27. The standard InChI is InChI=1S/C17H20N2O4S2/c1-13-10-12-24-17(13)15-8-3-2-6-11-18(15)25(22,23)16-9-5-4-7-14(16)19(20)21/h4-5,7,9-10,12,15H,2-3,6,8,11H2,1H3/t15-/m0/s1. The average Bonchev–Trinajstić information content (AvgIpc) is 2.86. The third-order valence-electron chi connectivity index (χ3n) is 4.56. The summed E-state index contributed by atoms with van der Waals surface area (Å²) in [4.78, 5) is 11.5. The number of benzene rings is 1. The van der Waals surface area contributed by atoms with E-state index in [-0.39, 0.29) is 16.6 Å². The number of aryl methyl sites for hydroxylation is 1. The summed E-state index contributed by atoms with van der Waals surface area (Å²) in [6.07, 6.45) is 3.41. The molecular weight excluding hydrogens is 360 g/mol. The molecule has 1 saturated heterocycles. The molecule has 2 heterocycles. The average molecular weight is 380 g/mol. The highest BCUT2D eigenvalue weighted by molar-refractivity contribution is 7.89. The van der Waals surface area contributed by atoms with Crippen LogP contribution in [0.1, 0.15) is 42.2 Å². The fraction of sp³-hybridized carbons (Fsp3) is 0.412. The van der Waals surface area contributed by atoms with E-state index in [0.717, 1.165) is 36.1 Å². The zero-order valence-electron chi connectivity index (χ0n) is 13.9. The van der Waals surface area contributed by atoms with Gasteiger partial charge in [0, 0.05) is 17.5 Å². The van der Waals surface area contributed by atoms with E-state index in [9.17, 15) is 18.5 Å². The SMILES string of the molecule is Cc1ccsc1[C@@H]1CCCCCN1S(=O)(=O)c1ccccc1[N+](=O)[O-]. The van der Waals surface area contributed by atoms with E-state index in [1.807, 2.05) is 18.4 Å². The summed E-state index contributed by atoms with van der Waals surface area (Å²) in [5, 5.41) is 13.3. The molecule has 1 aliphatic rings. The number of nitro benzene ring substituents is 1. The van der Waals surface area contributed by atoms with Crippen LogP contribution in [-0.4, -0.2) is 24.2 Å². The molecule has 0 N–H and O–H groups in total. The van der Waals surface area contributed by atoms with Crippen molar-refractivity contribution in [3.63, 3.8) is 0 Å². The lowest BCUT2D eigenvalue weighted by molar-refractivity contribution is -0.387. The molecule has 0 saturated carbocycles. The van der Waals surface area contributed by atoms with Crippen LogP contribution >= 0.6 is 11.3 Å². The van der Waals surface area contributed by atoms with E-state index >= 15 is 0 Å². The largest absolute Gasteiger partial charge is 0.289 e. The van der Waals surface area contributed by atoms with Crippen LogP contribution in [0.5, 0.6) is 0 Å². The number of rotatable bonds is 4. The van der Waals surface area contributed by atoms with Crippen LogP contribution in [0, 0.1) is 17.0 Å². The van der Waals surface area contributed by atoms with Crippen molar-refractivity contribution in [1.29, 1.82) is 0 Å². The predicted molar refractivity (Wildman–Crippen MR) is 97.3 cm³/mol. The molecule has 1 aromatic heterocycles. The van der Waals surface area contributed by atoms with Gasteiger partial charge in [-0.05, 0) is 42.8 Å². The fourth-order valence-corrected chi connectivity index (χ4v) is 6.28. The van der Waals surface area contributed by atoms with E-state index in [4.69, 9.17) is 0 Å². The maximum absolute atomic E-state index is 13.3. The third-order valence-corrected chi connectivity index (χ3v) is 7.63. The van der Waals surface area contributed by atoms with Gasteiger partial charge in [0.05, 0.1) is 11.0 Å². The van der Waals surface area contributed by atoms with Gasteiger partial charge in [0.1, 0.15) is 0 Å². The minimum absolute atomic E-state index is 0.221. The van der Waals surface area contributed by atoms with Crippen molar-refractivity contribution in [3.8, 4) is 0 Å². The summed E-state index contributed by atoms with van der Waals surface area (Å²) in [6.45, 7) is 2.36. The van der Waals surface area contributed by atoms with Gasteiger partial charge >= 0.3 is 0 Å². The first-order valence-electron chi connectivity index (χ1n) is 8.22. The number of nitro groups is 1. The van der Waals surface area contributed by atoms with Crippen LogP contribution in [0.3, 0.4) is 0 Å². The molecule has 1 fully saturated rings. The molecule has 0 spiro atoms. The van der Waals surface area contributed by atoms with Crippen molar-refractivity contribution in [1.82, 2.24) is 4.31 Å². The van der Waals surface area contributed by atoms with E-state index in [0.29, 0.717) is 6.54 Å². The summed E-state index contributed by atoms with van der Waals surface area (Å²) >= 11 is 1.55. The summed E-state index contributed by atoms with van der Waals surface area (Å²) in [5.74, 6) is 0. The Kier molecular flexibility index (Phi) is 5.21. The first-order valence-corrected chi connectivity index (χ1v) is 10.5. The lowest BCUT2D eigenvalue weighted by Gasteiger charge is -2.29. The van der Waals surface area contributed by atoms with Crippen LogP contribution in [0.2, 0.25) is 0 Å². The van der Waals surface area contributed by atoms with Gasteiger partial charge in [0.25, 0.3) is 5.69 Å². The molecule has 1 aliphatic heterocycles. The number of hydrogen-bond acceptors (Lipinski definition) is 5. The molecular formula is C17H20N2O4S2. The second-order valence-corrected chi connectivity index (χ2v) is 8.98. The molecule has 0 bridgehead atoms. The van der Waals surface area contributed by atoms with Gasteiger partial charge in [0.2, 0.25) is 10.0 Å². The summed E-state index contributed by atoms with van der Waals surface area (Å²) in [7, 11) is -3.95. The highest BCUT2D eigenvalue weighted by Crippen LogP contribution is 2.39. The highest BCUT2D eigenvalue weighted by atomic mass is 32.2. The zero-order valence-corrected chi connectivity index (χ0v) is 15.6. The van der Waals surface area contributed by atoms with Crippen molar-refractivity contribution in [2.75, 3.05) is 6.54 Å². The minimum Gasteiger partial charge on any atom is -0.258 e. The molecule has 25 heavy (non-hydrogen) atoms. The normalized spacial score (nSPS) is 19.5. The monoisotopic (exact) mass is 380 g/mol. The van der Waals surface area contributed by atoms with Crippen molar-refractivity contribution in [2.45, 2.75) is 43.5 Å². The Morgan fingerprint density at radius 1 is 1.20 bits per heavy atom. The molecule has 0 unspecified atom stereocenters. The Hall–Kier alpha value is -1.77. The maximum Gasteiger partial charge on any atom is 0.289 e. The Morgan fingerprint density at radius 3 is 2.64 bits per heavy atom. The zero-order chi connectivity index (χ0) is 18.0. The maximum atomic E-state index is 13.3. The lowest BCUT2D eigenvalue weighted by atomic mass is 10.1. The topological polar surface area (TPSA) is 80.5 Å². The van der Waals surface area contributed by atoms with Crippen LogP contribution in [0.4, 0.5) is 5.69 Å². The van der Waals surface area contributed by atoms with Gasteiger partial charge < -0.3 is 0 Å². The van der Waals surface area contributed by atoms with Gasteiger partial charge in [-0.1, -0.05) is 25.0 Å². The second kappa shape index (κ2) is 7.23. The van der Waals surface area contributed by atoms with Crippen LogP contribution in [-0.2, 0) is 10.0 Å². The molecule has 8 heteroatoms. The Morgan fingerprint density at radius 2 is 1.96 bits per heavy atom. The molecule has 1 atom stereocenters. The van der Waals surface area contributed by atoms with Gasteiger partial charge in [-0.2, -0.15) is 4.31 Å². The summed E-state index contributed by atoms with van der Waals surface area (Å²) < 4.78 is 28.1. The fourth-order valence-electron chi connectivity index (χ4n) is 3.31. The first-order chi connectivity index (χ1) is 11.9. The Labute approximate surface area is 151 Å². The third kappa shape index (κ3) is 3.47. The van der Waals surface area contributed by atoms with Gasteiger partial charge in [-0.25, -0.2) is 8.42 Å². The van der Waals surface area contributed by atoms with Gasteiger partial charge in [0.15, 0.2) is 4.90 Å². The number of hydrogen-bond donors (Lipinski definition) is 0. The molecule has 134 valence electrons. The Bertz CT molecular complexity index is 876. The van der Waals surface area contributed by atoms with E-state index < -0.39 is 14.9 Å². The molecule has 2 aromatic rings.